The van der Waals surface area contributed by atoms with Crippen molar-refractivity contribution in [3.63, 3.8) is 0 Å². The Morgan fingerprint density at radius 1 is 1.21 bits per heavy atom. The molecule has 0 atom stereocenters. The van der Waals surface area contributed by atoms with Crippen LogP contribution in [-0.4, -0.2) is 52.5 Å². The average Bonchev–Trinajstić information content (AvgIpc) is 3.29. The van der Waals surface area contributed by atoms with E-state index in [1.165, 1.54) is 0 Å². The van der Waals surface area contributed by atoms with Crippen LogP contribution in [0.5, 0.6) is 11.6 Å². The highest BCUT2D eigenvalue weighted by Crippen LogP contribution is 2.35. The van der Waals surface area contributed by atoms with Crippen molar-refractivity contribution in [2.45, 2.75) is 12.8 Å². The minimum Gasteiger partial charge on any atom is -0.507 e. The van der Waals surface area contributed by atoms with Crippen LogP contribution in [0.2, 0.25) is 0 Å². The molecule has 1 amide bonds. The lowest BCUT2D eigenvalue weighted by atomic mass is 10.0. The Morgan fingerprint density at radius 2 is 2.06 bits per heavy atom. The number of aromatic nitrogens is 3. The third-order valence-corrected chi connectivity index (χ3v) is 5.45. The second-order valence-corrected chi connectivity index (χ2v) is 7.68. The monoisotopic (exact) mass is 458 g/mol. The highest BCUT2D eigenvalue weighted by molar-refractivity contribution is 5.97. The molecule has 0 radical (unpaired) electrons. The van der Waals surface area contributed by atoms with E-state index in [2.05, 4.69) is 25.3 Å². The minimum absolute atomic E-state index is 0.0820. The van der Waals surface area contributed by atoms with Gasteiger partial charge in [-0.15, -0.1) is 0 Å². The molecule has 4 rings (SSSR count). The predicted octanol–water partition coefficient (Wildman–Crippen LogP) is 3.50. The van der Waals surface area contributed by atoms with Crippen LogP contribution in [0.15, 0.2) is 59.7 Å². The van der Waals surface area contributed by atoms with Crippen LogP contribution in [0.1, 0.15) is 23.2 Å². The molecule has 174 valence electrons. The summed E-state index contributed by atoms with van der Waals surface area (Å²) in [6.07, 6.45) is 3.00. The van der Waals surface area contributed by atoms with Crippen LogP contribution >= 0.6 is 0 Å². The molecule has 0 fully saturated rings. The highest BCUT2D eigenvalue weighted by atomic mass is 16.5. The molecule has 0 saturated heterocycles. The van der Waals surface area contributed by atoms with Crippen molar-refractivity contribution in [1.29, 1.82) is 0 Å². The summed E-state index contributed by atoms with van der Waals surface area (Å²) in [5.74, 6) is 1.44. The lowest BCUT2D eigenvalue weighted by molar-refractivity contribution is 0.0953. The third-order valence-electron chi connectivity index (χ3n) is 5.45. The number of nitrogens with one attached hydrogen (secondary N) is 2. The molecule has 9 heteroatoms. The van der Waals surface area contributed by atoms with Crippen molar-refractivity contribution >= 4 is 22.8 Å². The molecule has 0 aliphatic rings. The second kappa shape index (κ2) is 10.0. The van der Waals surface area contributed by atoms with E-state index in [-0.39, 0.29) is 11.7 Å². The van der Waals surface area contributed by atoms with Crippen molar-refractivity contribution in [3.8, 4) is 34.1 Å². The summed E-state index contributed by atoms with van der Waals surface area (Å²) in [6, 6.07) is 14.2. The number of H-pyrrole nitrogens is 1. The van der Waals surface area contributed by atoms with Crippen molar-refractivity contribution in [2.75, 3.05) is 20.7 Å². The number of rotatable bonds is 8. The van der Waals surface area contributed by atoms with Gasteiger partial charge in [-0.1, -0.05) is 6.07 Å². The fraction of sp³-hybridized carbons (Fsp3) is 0.200. The number of phenolic OH excluding ortho intramolecular Hbond substituents is 1. The van der Waals surface area contributed by atoms with E-state index in [0.29, 0.717) is 59.1 Å². The molecular formula is C25H26N6O3. The first kappa shape index (κ1) is 22.8. The Kier molecular flexibility index (Phi) is 6.72. The molecule has 34 heavy (non-hydrogen) atoms. The normalized spacial score (nSPS) is 11.5. The van der Waals surface area contributed by atoms with Crippen LogP contribution in [0.3, 0.4) is 0 Å². The van der Waals surface area contributed by atoms with Gasteiger partial charge in [0.25, 0.3) is 5.91 Å². The number of pyridine rings is 1. The predicted molar refractivity (Wildman–Crippen MR) is 132 cm³/mol. The first-order valence-corrected chi connectivity index (χ1v) is 10.8. The summed E-state index contributed by atoms with van der Waals surface area (Å²) in [5.41, 5.74) is 9.72. The molecule has 5 N–H and O–H groups in total. The molecule has 0 unspecified atom stereocenters. The Morgan fingerprint density at radius 3 is 2.85 bits per heavy atom. The number of aromatic amines is 1. The number of hydrogen-bond acceptors (Lipinski definition) is 6. The number of amides is 1. The molecule has 2 aromatic carbocycles. The van der Waals surface area contributed by atoms with Crippen molar-refractivity contribution in [2.24, 2.45) is 10.7 Å². The van der Waals surface area contributed by atoms with Gasteiger partial charge >= 0.3 is 0 Å². The number of phenols is 1. The standard InChI is InChI=1S/C25H26N6O3/c1-27-22(26)6-4-11-28-24(33)16-7-9-19-20(14-16)31-23(30-19)18-13-15(8-10-21(18)32)17-5-3-12-29-25(17)34-2/h3,5,7-10,12-14,32H,4,6,11H2,1-2H3,(H2,26,27)(H,28,33)(H,30,31). The van der Waals surface area contributed by atoms with Crippen LogP contribution in [0.4, 0.5) is 0 Å². The van der Waals surface area contributed by atoms with Crippen LogP contribution in [-0.2, 0) is 0 Å². The summed E-state index contributed by atoms with van der Waals surface area (Å²) in [5, 5.41) is 13.4. The number of amidine groups is 1. The zero-order valence-electron chi connectivity index (χ0n) is 19.0. The Bertz CT molecular complexity index is 1360. The maximum Gasteiger partial charge on any atom is 0.251 e. The number of carbonyl (C=O) groups excluding carboxylic acids is 1. The molecule has 0 bridgehead atoms. The number of methoxy groups -OCH3 is 1. The Hall–Kier alpha value is -4.40. The van der Waals surface area contributed by atoms with Gasteiger partial charge in [-0.05, 0) is 54.4 Å². The summed E-state index contributed by atoms with van der Waals surface area (Å²) in [4.78, 5) is 28.5. The zero-order chi connectivity index (χ0) is 24.1. The van der Waals surface area contributed by atoms with E-state index < -0.39 is 0 Å². The van der Waals surface area contributed by atoms with Crippen LogP contribution in [0, 0.1) is 0 Å². The van der Waals surface area contributed by atoms with Crippen LogP contribution in [0.25, 0.3) is 33.5 Å². The second-order valence-electron chi connectivity index (χ2n) is 7.68. The number of fused-ring (bicyclic) bond motifs is 1. The molecule has 9 nitrogen and oxygen atoms in total. The quantitative estimate of drug-likeness (QED) is 0.181. The van der Waals surface area contributed by atoms with E-state index in [4.69, 9.17) is 10.5 Å². The average molecular weight is 459 g/mol. The smallest absolute Gasteiger partial charge is 0.251 e. The highest BCUT2D eigenvalue weighted by Gasteiger charge is 2.15. The van der Waals surface area contributed by atoms with Crippen molar-refractivity contribution in [3.05, 3.63) is 60.3 Å². The minimum atomic E-state index is -0.182. The number of aliphatic imine (C=N–C) groups is 1. The fourth-order valence-electron chi connectivity index (χ4n) is 3.63. The number of nitrogens with zero attached hydrogens (tertiary/aromatic N) is 3. The topological polar surface area (TPSA) is 139 Å². The first-order chi connectivity index (χ1) is 16.5. The summed E-state index contributed by atoms with van der Waals surface area (Å²) in [7, 11) is 3.21. The SMILES string of the molecule is CN=C(N)CCCNC(=O)c1ccc2nc(-c3cc(-c4cccnc4OC)ccc3O)[nH]c2c1. The number of hydrogen-bond donors (Lipinski definition) is 4. The first-order valence-electron chi connectivity index (χ1n) is 10.8. The zero-order valence-corrected chi connectivity index (χ0v) is 19.0. The third kappa shape index (κ3) is 4.83. The van der Waals surface area contributed by atoms with Gasteiger partial charge in [0.2, 0.25) is 5.88 Å². The van der Waals surface area contributed by atoms with E-state index in [9.17, 15) is 9.90 Å². The maximum atomic E-state index is 12.5. The van der Waals surface area contributed by atoms with Crippen molar-refractivity contribution < 1.29 is 14.6 Å². The lowest BCUT2D eigenvalue weighted by Gasteiger charge is -2.09. The van der Waals surface area contributed by atoms with E-state index in [0.717, 1.165) is 11.1 Å². The number of carbonyl (C=O) groups is 1. The van der Waals surface area contributed by atoms with Crippen LogP contribution < -0.4 is 15.8 Å². The van der Waals surface area contributed by atoms with Gasteiger partial charge < -0.3 is 25.9 Å². The number of ether oxygens (including phenoxy) is 1. The van der Waals surface area contributed by atoms with Gasteiger partial charge in [-0.2, -0.15) is 0 Å². The van der Waals surface area contributed by atoms with Gasteiger partial charge in [0.15, 0.2) is 0 Å². The maximum absolute atomic E-state index is 12.5. The van der Waals surface area contributed by atoms with Crippen molar-refractivity contribution in [1.82, 2.24) is 20.3 Å². The van der Waals surface area contributed by atoms with Gasteiger partial charge in [-0.25, -0.2) is 9.97 Å². The lowest BCUT2D eigenvalue weighted by Crippen LogP contribution is -2.25. The molecule has 0 aliphatic heterocycles. The van der Waals surface area contributed by atoms with E-state index >= 15 is 0 Å². The number of aromatic hydroxyl groups is 1. The van der Waals surface area contributed by atoms with E-state index in [1.807, 2.05) is 18.2 Å². The summed E-state index contributed by atoms with van der Waals surface area (Å²) in [6.45, 7) is 0.500. The van der Waals surface area contributed by atoms with Gasteiger partial charge in [-0.3, -0.25) is 9.79 Å². The molecule has 2 heterocycles. The molecule has 0 aliphatic carbocycles. The molecule has 0 saturated carbocycles. The fourth-order valence-corrected chi connectivity index (χ4v) is 3.63. The number of nitrogens with two attached hydrogens (primary N) is 1. The summed E-state index contributed by atoms with van der Waals surface area (Å²) >= 11 is 0. The largest absolute Gasteiger partial charge is 0.507 e. The molecule has 4 aromatic rings. The van der Waals surface area contributed by atoms with Gasteiger partial charge in [0, 0.05) is 37.3 Å². The molecule has 2 aromatic heterocycles. The molecule has 0 spiro atoms. The van der Waals surface area contributed by atoms with Gasteiger partial charge in [0.05, 0.1) is 29.5 Å². The Labute approximate surface area is 196 Å². The van der Waals surface area contributed by atoms with Gasteiger partial charge in [0.1, 0.15) is 11.6 Å². The molecular weight excluding hydrogens is 432 g/mol. The number of benzene rings is 2. The van der Waals surface area contributed by atoms with E-state index in [1.54, 1.807) is 50.7 Å². The number of imidazole rings is 1. The Balaban J connectivity index is 1.58. The summed E-state index contributed by atoms with van der Waals surface area (Å²) < 4.78 is 5.36.